The van der Waals surface area contributed by atoms with Crippen molar-refractivity contribution in [2.24, 2.45) is 0 Å². The Bertz CT molecular complexity index is 951. The van der Waals surface area contributed by atoms with Gasteiger partial charge in [0.2, 0.25) is 6.17 Å². The van der Waals surface area contributed by atoms with Gasteiger partial charge in [0.1, 0.15) is 6.17 Å². The van der Waals surface area contributed by atoms with Crippen LogP contribution in [0.1, 0.15) is 86.5 Å². The van der Waals surface area contributed by atoms with E-state index in [2.05, 4.69) is 5.32 Å². The third-order valence-corrected chi connectivity index (χ3v) is 6.80. The van der Waals surface area contributed by atoms with Crippen LogP contribution in [0.5, 0.6) is 0 Å². The molecule has 0 radical (unpaired) electrons. The highest BCUT2D eigenvalue weighted by Gasteiger charge is 2.30. The molecule has 192 valence electrons. The molecule has 2 nitrogen and oxygen atoms in total. The fourth-order valence-electron chi connectivity index (χ4n) is 4.69. The van der Waals surface area contributed by atoms with E-state index in [1.807, 2.05) is 19.1 Å². The number of alkyl halides is 5. The highest BCUT2D eigenvalue weighted by molar-refractivity contribution is 5.95. The first-order valence-electron chi connectivity index (χ1n) is 12.6. The van der Waals surface area contributed by atoms with Crippen molar-refractivity contribution in [2.45, 2.75) is 95.6 Å². The molecule has 0 aliphatic heterocycles. The maximum Gasteiger partial charge on any atom is 0.416 e. The van der Waals surface area contributed by atoms with Crippen molar-refractivity contribution in [3.63, 3.8) is 0 Å². The Balaban J connectivity index is 1.73. The molecule has 0 spiro atoms. The Hall–Kier alpha value is -2.44. The number of amides is 1. The second-order valence-electron chi connectivity index (χ2n) is 9.50. The molecule has 2 atom stereocenters. The molecule has 0 bridgehead atoms. The van der Waals surface area contributed by atoms with Crippen LogP contribution in [0.4, 0.5) is 27.6 Å². The first-order chi connectivity index (χ1) is 16.7. The molecule has 1 fully saturated rings. The zero-order valence-corrected chi connectivity index (χ0v) is 20.1. The van der Waals surface area contributed by atoms with E-state index in [9.17, 15) is 26.7 Å². The van der Waals surface area contributed by atoms with E-state index in [0.717, 1.165) is 67.3 Å². The van der Waals surface area contributed by atoms with Crippen LogP contribution < -0.4 is 5.32 Å². The van der Waals surface area contributed by atoms with Gasteiger partial charge in [0.25, 0.3) is 5.91 Å². The fourth-order valence-corrected chi connectivity index (χ4v) is 4.69. The molecule has 2 aromatic carbocycles. The van der Waals surface area contributed by atoms with Gasteiger partial charge >= 0.3 is 6.18 Å². The molecule has 0 unspecified atom stereocenters. The normalized spacial score (nSPS) is 16.6. The van der Waals surface area contributed by atoms with Crippen LogP contribution in [-0.2, 0) is 23.8 Å². The van der Waals surface area contributed by atoms with E-state index < -0.39 is 30.0 Å². The molecular weight excluding hydrogens is 461 g/mol. The monoisotopic (exact) mass is 495 g/mol. The number of aryl methyl sites for hydroxylation is 2. The second kappa shape index (κ2) is 12.5. The largest absolute Gasteiger partial charge is 0.416 e. The summed E-state index contributed by atoms with van der Waals surface area (Å²) in [6.07, 6.45) is -0.699. The zero-order chi connectivity index (χ0) is 25.4. The summed E-state index contributed by atoms with van der Waals surface area (Å²) in [7, 11) is 0. The van der Waals surface area contributed by atoms with Gasteiger partial charge in [0.15, 0.2) is 0 Å². The number of nitrogens with one attached hydrogen (secondary N) is 1. The van der Waals surface area contributed by atoms with Crippen LogP contribution in [0, 0.1) is 0 Å². The predicted octanol–water partition coefficient (Wildman–Crippen LogP) is 8.34. The predicted molar refractivity (Wildman–Crippen MR) is 129 cm³/mol. The quantitative estimate of drug-likeness (QED) is 0.330. The molecule has 1 aliphatic carbocycles. The topological polar surface area (TPSA) is 29.1 Å². The number of halogens is 5. The fraction of sp³-hybridized carbons (Fsp3) is 0.536. The first kappa shape index (κ1) is 27.2. The molecular formula is C28H34F5NO. The second-order valence-corrected chi connectivity index (χ2v) is 9.50. The van der Waals surface area contributed by atoms with Crippen molar-refractivity contribution >= 4 is 11.6 Å². The van der Waals surface area contributed by atoms with Crippen molar-refractivity contribution in [2.75, 3.05) is 5.32 Å². The summed E-state index contributed by atoms with van der Waals surface area (Å²) in [4.78, 5) is 12.4. The van der Waals surface area contributed by atoms with Gasteiger partial charge in [-0.25, -0.2) is 8.78 Å². The van der Waals surface area contributed by atoms with Gasteiger partial charge in [0, 0.05) is 5.69 Å². The lowest BCUT2D eigenvalue weighted by Gasteiger charge is -2.25. The average Bonchev–Trinajstić information content (AvgIpc) is 2.86. The number of hydrogen-bond donors (Lipinski definition) is 1. The summed E-state index contributed by atoms with van der Waals surface area (Å²) >= 11 is 0. The van der Waals surface area contributed by atoms with Gasteiger partial charge < -0.3 is 5.32 Å². The molecule has 0 saturated heterocycles. The summed E-state index contributed by atoms with van der Waals surface area (Å²) in [6, 6.07) is 10.8. The Kier molecular flexibility index (Phi) is 9.70. The summed E-state index contributed by atoms with van der Waals surface area (Å²) in [5.74, 6) is -0.729. The number of carbonyl (C=O) groups excluding carboxylic acids is 1. The summed E-state index contributed by atoms with van der Waals surface area (Å²) < 4.78 is 66.9. The van der Waals surface area contributed by atoms with Gasteiger partial charge in [-0.15, -0.1) is 0 Å². The van der Waals surface area contributed by atoms with Crippen LogP contribution in [0.25, 0.3) is 0 Å². The lowest BCUT2D eigenvalue weighted by molar-refractivity contribution is -0.137. The summed E-state index contributed by atoms with van der Waals surface area (Å²) in [5, 5.41) is 2.63. The van der Waals surface area contributed by atoms with Gasteiger partial charge in [-0.05, 0) is 72.9 Å². The average molecular weight is 496 g/mol. The Morgan fingerprint density at radius 1 is 0.971 bits per heavy atom. The van der Waals surface area contributed by atoms with Gasteiger partial charge in [0.05, 0.1) is 5.56 Å². The van der Waals surface area contributed by atoms with Crippen LogP contribution >= 0.6 is 0 Å². The molecule has 35 heavy (non-hydrogen) atoms. The molecule has 3 rings (SSSR count). The van der Waals surface area contributed by atoms with Crippen LogP contribution in [0.2, 0.25) is 0 Å². The van der Waals surface area contributed by atoms with E-state index in [-0.39, 0.29) is 12.3 Å². The van der Waals surface area contributed by atoms with Crippen molar-refractivity contribution in [3.05, 3.63) is 64.7 Å². The molecule has 1 aliphatic rings. The number of unbranched alkanes of at least 4 members (excludes halogenated alkanes) is 1. The van der Waals surface area contributed by atoms with E-state index in [4.69, 9.17) is 0 Å². The maximum absolute atomic E-state index is 14.4. The molecule has 0 heterocycles. The van der Waals surface area contributed by atoms with Crippen molar-refractivity contribution < 1.29 is 26.7 Å². The van der Waals surface area contributed by atoms with E-state index in [1.54, 1.807) is 6.07 Å². The van der Waals surface area contributed by atoms with E-state index in [1.165, 1.54) is 12.1 Å². The van der Waals surface area contributed by atoms with Gasteiger partial charge in [-0.1, -0.05) is 63.3 Å². The standard InChI is InChI=1S/C28H34F5NO/c1-2-3-9-24(29)26(30)27(35)34-25-17-14-20(18-23(25)21-7-5-4-6-8-21)11-10-19-12-15-22(16-13-19)28(31,32)33/h12-18,21,24,26H,2-11H2,1H3,(H,34,35)/t24-,26+/m0/s1. The minimum atomic E-state index is -4.36. The van der Waals surface area contributed by atoms with Crippen LogP contribution in [-0.4, -0.2) is 18.3 Å². The minimum Gasteiger partial charge on any atom is -0.323 e. The SMILES string of the molecule is CCCC[C@H](F)[C@@H](F)C(=O)Nc1ccc(CCc2ccc(C(F)(F)F)cc2)cc1C1CCCCC1. The number of anilines is 1. The number of rotatable bonds is 10. The molecule has 1 N–H and O–H groups in total. The highest BCUT2D eigenvalue weighted by atomic mass is 19.4. The smallest absolute Gasteiger partial charge is 0.323 e. The Morgan fingerprint density at radius 3 is 2.23 bits per heavy atom. The lowest BCUT2D eigenvalue weighted by Crippen LogP contribution is -2.32. The third-order valence-electron chi connectivity index (χ3n) is 6.80. The molecule has 1 amide bonds. The third kappa shape index (κ3) is 7.77. The van der Waals surface area contributed by atoms with Crippen molar-refractivity contribution in [3.8, 4) is 0 Å². The van der Waals surface area contributed by atoms with Crippen LogP contribution in [0.3, 0.4) is 0 Å². The van der Waals surface area contributed by atoms with Crippen LogP contribution in [0.15, 0.2) is 42.5 Å². The van der Waals surface area contributed by atoms with Crippen molar-refractivity contribution in [1.29, 1.82) is 0 Å². The Labute approximate surface area is 204 Å². The molecule has 0 aromatic heterocycles. The lowest BCUT2D eigenvalue weighted by atomic mass is 9.82. The highest BCUT2D eigenvalue weighted by Crippen LogP contribution is 2.37. The summed E-state index contributed by atoms with van der Waals surface area (Å²) in [6.45, 7) is 1.88. The number of carbonyl (C=O) groups is 1. The molecule has 1 saturated carbocycles. The number of benzene rings is 2. The van der Waals surface area contributed by atoms with Crippen molar-refractivity contribution in [1.82, 2.24) is 0 Å². The summed E-state index contributed by atoms with van der Waals surface area (Å²) in [5.41, 5.74) is 2.57. The zero-order valence-electron chi connectivity index (χ0n) is 20.1. The minimum absolute atomic E-state index is 0.0173. The molecule has 7 heteroatoms. The molecule has 2 aromatic rings. The van der Waals surface area contributed by atoms with Gasteiger partial charge in [-0.2, -0.15) is 13.2 Å². The van der Waals surface area contributed by atoms with Gasteiger partial charge in [-0.3, -0.25) is 4.79 Å². The van der Waals surface area contributed by atoms with E-state index >= 15 is 0 Å². The Morgan fingerprint density at radius 2 is 1.60 bits per heavy atom. The van der Waals surface area contributed by atoms with E-state index in [0.29, 0.717) is 24.9 Å². The first-order valence-corrected chi connectivity index (χ1v) is 12.6. The number of hydrogen-bond acceptors (Lipinski definition) is 1. The maximum atomic E-state index is 14.4.